The van der Waals surface area contributed by atoms with Crippen molar-refractivity contribution in [3.63, 3.8) is 0 Å². The van der Waals surface area contributed by atoms with Crippen LogP contribution in [-0.4, -0.2) is 0 Å². The van der Waals surface area contributed by atoms with Gasteiger partial charge in [-0.2, -0.15) is 0 Å². The minimum absolute atomic E-state index is 0.769. The van der Waals surface area contributed by atoms with Crippen LogP contribution >= 0.6 is 11.6 Å². The summed E-state index contributed by atoms with van der Waals surface area (Å²) in [6.45, 7) is 0. The second-order valence-corrected chi connectivity index (χ2v) is 5.67. The lowest BCUT2D eigenvalue weighted by molar-refractivity contribution is 1.65. The molecule has 0 aliphatic carbocycles. The van der Waals surface area contributed by atoms with E-state index < -0.39 is 0 Å². The largest absolute Gasteiger partial charge is 0.0843 e. The zero-order valence-electron chi connectivity index (χ0n) is 11.4. The summed E-state index contributed by atoms with van der Waals surface area (Å²) >= 11 is 6.11. The smallest absolute Gasteiger partial charge is 0.0412 e. The Bertz CT molecular complexity index is 954. The molecule has 0 N–H and O–H groups in total. The first-order valence-corrected chi connectivity index (χ1v) is 7.36. The van der Waals surface area contributed by atoms with E-state index in [0.29, 0.717) is 0 Å². The van der Waals surface area contributed by atoms with Crippen LogP contribution in [0.5, 0.6) is 0 Å². The lowest BCUT2D eigenvalue weighted by Gasteiger charge is -2.07. The van der Waals surface area contributed by atoms with Crippen molar-refractivity contribution in [2.24, 2.45) is 0 Å². The van der Waals surface area contributed by atoms with Gasteiger partial charge in [0.2, 0.25) is 0 Å². The zero-order chi connectivity index (χ0) is 14.2. The summed E-state index contributed by atoms with van der Waals surface area (Å²) in [4.78, 5) is 0. The summed E-state index contributed by atoms with van der Waals surface area (Å²) in [6.07, 6.45) is 0. The van der Waals surface area contributed by atoms with E-state index in [9.17, 15) is 0 Å². The molecule has 0 unspecified atom stereocenters. The molecule has 1 heteroatoms. The van der Waals surface area contributed by atoms with Gasteiger partial charge in [0.15, 0.2) is 0 Å². The molecule has 0 spiro atoms. The maximum atomic E-state index is 6.11. The highest BCUT2D eigenvalue weighted by Crippen LogP contribution is 2.30. The minimum Gasteiger partial charge on any atom is -0.0843 e. The molecule has 0 nitrogen and oxygen atoms in total. The van der Waals surface area contributed by atoms with Gasteiger partial charge in [-0.1, -0.05) is 72.3 Å². The fourth-order valence-corrected chi connectivity index (χ4v) is 3.04. The molecule has 4 aromatic rings. The molecule has 0 aromatic heterocycles. The van der Waals surface area contributed by atoms with Crippen molar-refractivity contribution in [1.82, 2.24) is 0 Å². The predicted molar refractivity (Wildman–Crippen MR) is 91.9 cm³/mol. The molecule has 0 saturated carbocycles. The fourth-order valence-electron chi connectivity index (χ4n) is 2.85. The van der Waals surface area contributed by atoms with Crippen LogP contribution < -0.4 is 0 Å². The van der Waals surface area contributed by atoms with Crippen LogP contribution in [0.1, 0.15) is 0 Å². The lowest BCUT2D eigenvalue weighted by atomic mass is 9.97. The van der Waals surface area contributed by atoms with Crippen LogP contribution in [0.15, 0.2) is 78.9 Å². The first kappa shape index (κ1) is 12.4. The normalized spacial score (nSPS) is 11.1. The monoisotopic (exact) mass is 288 g/mol. The van der Waals surface area contributed by atoms with Crippen molar-refractivity contribution >= 4 is 33.1 Å². The lowest BCUT2D eigenvalue weighted by Crippen LogP contribution is -1.81. The van der Waals surface area contributed by atoms with Crippen molar-refractivity contribution in [2.45, 2.75) is 0 Å². The molecule has 0 amide bonds. The topological polar surface area (TPSA) is 0 Å². The molecule has 100 valence electrons. The van der Waals surface area contributed by atoms with Crippen molar-refractivity contribution in [1.29, 1.82) is 0 Å². The van der Waals surface area contributed by atoms with Crippen LogP contribution in [0.4, 0.5) is 0 Å². The third-order valence-corrected chi connectivity index (χ3v) is 4.14. The number of rotatable bonds is 1. The van der Waals surface area contributed by atoms with Crippen LogP contribution in [0.3, 0.4) is 0 Å². The summed E-state index contributed by atoms with van der Waals surface area (Å²) in [5, 5.41) is 5.88. The van der Waals surface area contributed by atoms with Gasteiger partial charge in [0.05, 0.1) is 0 Å². The molecule has 4 aromatic carbocycles. The summed E-state index contributed by atoms with van der Waals surface area (Å²) < 4.78 is 0. The molecule has 0 bridgehead atoms. The number of hydrogen-bond acceptors (Lipinski definition) is 0. The Morgan fingerprint density at radius 3 is 2.10 bits per heavy atom. The van der Waals surface area contributed by atoms with Crippen molar-refractivity contribution in [2.75, 3.05) is 0 Å². The first-order chi connectivity index (χ1) is 10.3. The predicted octanol–water partition coefficient (Wildman–Crippen LogP) is 6.31. The maximum Gasteiger partial charge on any atom is 0.0412 e. The Balaban J connectivity index is 2.02. The number of halogens is 1. The Labute approximate surface area is 128 Å². The Morgan fingerprint density at radius 2 is 1.24 bits per heavy atom. The van der Waals surface area contributed by atoms with Crippen molar-refractivity contribution in [3.05, 3.63) is 83.9 Å². The summed E-state index contributed by atoms with van der Waals surface area (Å²) in [5.41, 5.74) is 2.35. The van der Waals surface area contributed by atoms with Gasteiger partial charge in [0, 0.05) is 5.02 Å². The van der Waals surface area contributed by atoms with E-state index in [1.807, 2.05) is 18.2 Å². The van der Waals surface area contributed by atoms with E-state index in [2.05, 4.69) is 60.7 Å². The molecule has 4 rings (SSSR count). The quantitative estimate of drug-likeness (QED) is 0.360. The van der Waals surface area contributed by atoms with E-state index >= 15 is 0 Å². The van der Waals surface area contributed by atoms with Crippen LogP contribution in [0.25, 0.3) is 32.7 Å². The Hall–Kier alpha value is -2.31. The van der Waals surface area contributed by atoms with E-state index in [0.717, 1.165) is 10.6 Å². The van der Waals surface area contributed by atoms with Crippen LogP contribution in [-0.2, 0) is 0 Å². The van der Waals surface area contributed by atoms with Crippen molar-refractivity contribution < 1.29 is 0 Å². The first-order valence-electron chi connectivity index (χ1n) is 6.99. The van der Waals surface area contributed by atoms with Gasteiger partial charge in [0.25, 0.3) is 0 Å². The van der Waals surface area contributed by atoms with Gasteiger partial charge in [0.1, 0.15) is 0 Å². The number of benzene rings is 4. The molecule has 0 fully saturated rings. The van der Waals surface area contributed by atoms with Crippen LogP contribution in [0.2, 0.25) is 5.02 Å². The van der Waals surface area contributed by atoms with E-state index in [-0.39, 0.29) is 0 Å². The molecular formula is C20H13Cl. The van der Waals surface area contributed by atoms with Gasteiger partial charge >= 0.3 is 0 Å². The molecule has 21 heavy (non-hydrogen) atoms. The average Bonchev–Trinajstić information content (AvgIpc) is 2.54. The van der Waals surface area contributed by atoms with E-state index in [1.54, 1.807) is 0 Å². The third kappa shape index (κ3) is 2.18. The molecule has 0 aliphatic heterocycles. The summed E-state index contributed by atoms with van der Waals surface area (Å²) in [6, 6.07) is 27.4. The Morgan fingerprint density at radius 1 is 0.524 bits per heavy atom. The highest BCUT2D eigenvalue weighted by Gasteiger charge is 2.03. The molecule has 0 atom stereocenters. The highest BCUT2D eigenvalue weighted by atomic mass is 35.5. The molecule has 0 aliphatic rings. The molecular weight excluding hydrogens is 276 g/mol. The minimum atomic E-state index is 0.769. The van der Waals surface area contributed by atoms with E-state index in [1.165, 1.54) is 27.1 Å². The standard InChI is InChI=1S/C20H13Cl/c21-18-6-3-5-16(12-18)17-11-10-15-9-8-14-4-1-2-7-19(14)20(15)13-17/h1-13H. The highest BCUT2D eigenvalue weighted by molar-refractivity contribution is 6.30. The van der Waals surface area contributed by atoms with Gasteiger partial charge in [-0.05, 0) is 50.9 Å². The average molecular weight is 289 g/mol. The summed E-state index contributed by atoms with van der Waals surface area (Å²) in [5.74, 6) is 0. The summed E-state index contributed by atoms with van der Waals surface area (Å²) in [7, 11) is 0. The zero-order valence-corrected chi connectivity index (χ0v) is 12.1. The maximum absolute atomic E-state index is 6.11. The van der Waals surface area contributed by atoms with Crippen molar-refractivity contribution in [3.8, 4) is 11.1 Å². The second-order valence-electron chi connectivity index (χ2n) is 5.23. The second kappa shape index (κ2) is 4.91. The van der Waals surface area contributed by atoms with Gasteiger partial charge in [-0.15, -0.1) is 0 Å². The number of hydrogen-bond donors (Lipinski definition) is 0. The van der Waals surface area contributed by atoms with Gasteiger partial charge < -0.3 is 0 Å². The van der Waals surface area contributed by atoms with Gasteiger partial charge in [-0.3, -0.25) is 0 Å². The van der Waals surface area contributed by atoms with E-state index in [4.69, 9.17) is 11.6 Å². The Kier molecular flexibility index (Phi) is 2.90. The number of fused-ring (bicyclic) bond motifs is 3. The fraction of sp³-hybridized carbons (Fsp3) is 0. The van der Waals surface area contributed by atoms with Gasteiger partial charge in [-0.25, -0.2) is 0 Å². The third-order valence-electron chi connectivity index (χ3n) is 3.90. The van der Waals surface area contributed by atoms with Crippen LogP contribution in [0, 0.1) is 0 Å². The SMILES string of the molecule is Clc1cccc(-c2ccc3ccc4ccccc4c3c2)c1. The molecule has 0 heterocycles. The molecule has 0 radical (unpaired) electrons. The molecule has 0 saturated heterocycles.